The standard InChI is InChI=1S/C14H18Cl2N4O/c1-2-3-17-13(21)10-19-4-6-20(7-5-19)14-12(16)8-11(15)9-18-14/h2,8-9H,1,3-7,10H2,(H,17,21). The van der Waals surface area contributed by atoms with Crippen molar-refractivity contribution in [2.45, 2.75) is 0 Å². The van der Waals surface area contributed by atoms with Crippen LogP contribution in [-0.2, 0) is 4.79 Å². The summed E-state index contributed by atoms with van der Waals surface area (Å²) in [5.41, 5.74) is 0. The lowest BCUT2D eigenvalue weighted by Gasteiger charge is -2.35. The second-order valence-electron chi connectivity index (χ2n) is 4.81. The van der Waals surface area contributed by atoms with E-state index >= 15 is 0 Å². The highest BCUT2D eigenvalue weighted by Crippen LogP contribution is 2.26. The summed E-state index contributed by atoms with van der Waals surface area (Å²) in [5, 5.41) is 3.86. The number of pyridine rings is 1. The van der Waals surface area contributed by atoms with Crippen molar-refractivity contribution in [2.75, 3.05) is 44.2 Å². The van der Waals surface area contributed by atoms with Crippen LogP contribution in [0.3, 0.4) is 0 Å². The summed E-state index contributed by atoms with van der Waals surface area (Å²) in [6.45, 7) is 7.63. The largest absolute Gasteiger partial charge is 0.353 e. The summed E-state index contributed by atoms with van der Waals surface area (Å²) in [7, 11) is 0. The molecule has 1 aliphatic rings. The third-order valence-corrected chi connectivity index (χ3v) is 3.76. The van der Waals surface area contributed by atoms with Crippen LogP contribution in [-0.4, -0.2) is 55.1 Å². The van der Waals surface area contributed by atoms with E-state index in [9.17, 15) is 4.79 Å². The van der Waals surface area contributed by atoms with Crippen molar-refractivity contribution in [3.05, 3.63) is 35.0 Å². The molecule has 0 bridgehead atoms. The van der Waals surface area contributed by atoms with Gasteiger partial charge in [-0.15, -0.1) is 6.58 Å². The molecule has 0 saturated carbocycles. The van der Waals surface area contributed by atoms with Gasteiger partial charge in [0.05, 0.1) is 16.6 Å². The fraction of sp³-hybridized carbons (Fsp3) is 0.429. The monoisotopic (exact) mass is 328 g/mol. The maximum Gasteiger partial charge on any atom is 0.234 e. The molecule has 0 radical (unpaired) electrons. The number of anilines is 1. The molecule has 1 N–H and O–H groups in total. The first kappa shape index (κ1) is 16.1. The molecule has 1 aliphatic heterocycles. The zero-order valence-electron chi connectivity index (χ0n) is 11.7. The average molecular weight is 329 g/mol. The summed E-state index contributed by atoms with van der Waals surface area (Å²) in [4.78, 5) is 20.1. The van der Waals surface area contributed by atoms with Crippen molar-refractivity contribution in [1.29, 1.82) is 0 Å². The molecule has 0 unspecified atom stereocenters. The Bertz CT molecular complexity index is 516. The Morgan fingerprint density at radius 1 is 1.38 bits per heavy atom. The lowest BCUT2D eigenvalue weighted by atomic mass is 10.3. The van der Waals surface area contributed by atoms with Gasteiger partial charge in [0.2, 0.25) is 5.91 Å². The van der Waals surface area contributed by atoms with E-state index in [1.165, 1.54) is 0 Å². The number of nitrogens with zero attached hydrogens (tertiary/aromatic N) is 3. The highest BCUT2D eigenvalue weighted by Gasteiger charge is 2.21. The molecule has 114 valence electrons. The molecule has 0 aromatic carbocycles. The van der Waals surface area contributed by atoms with Crippen LogP contribution in [0, 0.1) is 0 Å². The molecular weight excluding hydrogens is 311 g/mol. The number of nitrogens with one attached hydrogen (secondary N) is 1. The Morgan fingerprint density at radius 3 is 2.71 bits per heavy atom. The molecule has 2 heterocycles. The summed E-state index contributed by atoms with van der Waals surface area (Å²) >= 11 is 12.0. The van der Waals surface area contributed by atoms with Crippen LogP contribution in [0.1, 0.15) is 0 Å². The molecule has 0 spiro atoms. The number of amides is 1. The van der Waals surface area contributed by atoms with Gasteiger partial charge in [-0.05, 0) is 6.07 Å². The Labute approximate surface area is 134 Å². The van der Waals surface area contributed by atoms with E-state index in [1.807, 2.05) is 0 Å². The predicted octanol–water partition coefficient (Wildman–Crippen LogP) is 1.81. The highest BCUT2D eigenvalue weighted by molar-refractivity contribution is 6.36. The van der Waals surface area contributed by atoms with Gasteiger partial charge in [-0.2, -0.15) is 0 Å². The maximum atomic E-state index is 11.7. The van der Waals surface area contributed by atoms with Crippen LogP contribution in [0.15, 0.2) is 24.9 Å². The number of hydrogen-bond donors (Lipinski definition) is 1. The average Bonchev–Trinajstić information content (AvgIpc) is 2.46. The normalized spacial score (nSPS) is 15.8. The highest BCUT2D eigenvalue weighted by atomic mass is 35.5. The predicted molar refractivity (Wildman–Crippen MR) is 86.1 cm³/mol. The zero-order valence-corrected chi connectivity index (χ0v) is 13.2. The van der Waals surface area contributed by atoms with Gasteiger partial charge in [-0.1, -0.05) is 29.3 Å². The fourth-order valence-corrected chi connectivity index (χ4v) is 2.70. The third-order valence-electron chi connectivity index (χ3n) is 3.27. The lowest BCUT2D eigenvalue weighted by molar-refractivity contribution is -0.122. The lowest BCUT2D eigenvalue weighted by Crippen LogP contribution is -2.49. The van der Waals surface area contributed by atoms with Gasteiger partial charge in [-0.25, -0.2) is 4.98 Å². The number of hydrogen-bond acceptors (Lipinski definition) is 4. The van der Waals surface area contributed by atoms with E-state index in [4.69, 9.17) is 23.2 Å². The Morgan fingerprint density at radius 2 is 2.10 bits per heavy atom. The number of aromatic nitrogens is 1. The molecule has 0 atom stereocenters. The van der Waals surface area contributed by atoms with Crippen LogP contribution in [0.25, 0.3) is 0 Å². The quantitative estimate of drug-likeness (QED) is 0.837. The van der Waals surface area contributed by atoms with Gasteiger partial charge in [0.1, 0.15) is 5.82 Å². The molecule has 1 saturated heterocycles. The van der Waals surface area contributed by atoms with Crippen molar-refractivity contribution >= 4 is 34.9 Å². The summed E-state index contributed by atoms with van der Waals surface area (Å²) in [6, 6.07) is 1.69. The number of carbonyl (C=O) groups is 1. The van der Waals surface area contributed by atoms with Crippen molar-refractivity contribution in [2.24, 2.45) is 0 Å². The third kappa shape index (κ3) is 4.59. The van der Waals surface area contributed by atoms with Crippen LogP contribution >= 0.6 is 23.2 Å². The Hall–Kier alpha value is -1.30. The number of piperazine rings is 1. The van der Waals surface area contributed by atoms with Gasteiger partial charge >= 0.3 is 0 Å². The van der Waals surface area contributed by atoms with Gasteiger partial charge in [0.25, 0.3) is 0 Å². The van der Waals surface area contributed by atoms with E-state index in [2.05, 4.69) is 26.7 Å². The molecular formula is C14H18Cl2N4O. The van der Waals surface area contributed by atoms with Gasteiger partial charge < -0.3 is 10.2 Å². The first-order chi connectivity index (χ1) is 10.1. The minimum Gasteiger partial charge on any atom is -0.353 e. The molecule has 5 nitrogen and oxygen atoms in total. The van der Waals surface area contributed by atoms with Crippen molar-refractivity contribution < 1.29 is 4.79 Å². The molecule has 1 amide bonds. The smallest absolute Gasteiger partial charge is 0.234 e. The molecule has 0 aliphatic carbocycles. The number of rotatable bonds is 5. The number of halogens is 2. The van der Waals surface area contributed by atoms with Gasteiger partial charge in [0, 0.05) is 38.9 Å². The van der Waals surface area contributed by atoms with E-state index in [0.29, 0.717) is 23.1 Å². The summed E-state index contributed by atoms with van der Waals surface area (Å²) in [6.07, 6.45) is 3.27. The van der Waals surface area contributed by atoms with Crippen molar-refractivity contribution in [3.63, 3.8) is 0 Å². The first-order valence-corrected chi connectivity index (χ1v) is 7.51. The van der Waals surface area contributed by atoms with E-state index < -0.39 is 0 Å². The van der Waals surface area contributed by atoms with Crippen molar-refractivity contribution in [3.8, 4) is 0 Å². The molecule has 2 rings (SSSR count). The Kier molecular flexibility index (Phi) is 5.85. The minimum absolute atomic E-state index is 0.0194. The van der Waals surface area contributed by atoms with Gasteiger partial charge in [0.15, 0.2) is 0 Å². The number of carbonyl (C=O) groups excluding carboxylic acids is 1. The topological polar surface area (TPSA) is 48.5 Å². The maximum absolute atomic E-state index is 11.7. The van der Waals surface area contributed by atoms with E-state index in [-0.39, 0.29) is 5.91 Å². The second-order valence-corrected chi connectivity index (χ2v) is 5.66. The van der Waals surface area contributed by atoms with Crippen LogP contribution in [0.5, 0.6) is 0 Å². The Balaban J connectivity index is 1.85. The van der Waals surface area contributed by atoms with Crippen LogP contribution in [0.2, 0.25) is 10.0 Å². The molecule has 1 aromatic rings. The first-order valence-electron chi connectivity index (χ1n) is 6.76. The van der Waals surface area contributed by atoms with Crippen molar-refractivity contribution in [1.82, 2.24) is 15.2 Å². The zero-order chi connectivity index (χ0) is 15.2. The van der Waals surface area contributed by atoms with Crippen LogP contribution in [0.4, 0.5) is 5.82 Å². The molecule has 1 aromatic heterocycles. The van der Waals surface area contributed by atoms with Gasteiger partial charge in [-0.3, -0.25) is 9.69 Å². The SMILES string of the molecule is C=CCNC(=O)CN1CCN(c2ncc(Cl)cc2Cl)CC1. The molecule has 7 heteroatoms. The minimum atomic E-state index is 0.0194. The fourth-order valence-electron chi connectivity index (χ4n) is 2.20. The summed E-state index contributed by atoms with van der Waals surface area (Å²) in [5.74, 6) is 0.767. The second kappa shape index (κ2) is 7.64. The van der Waals surface area contributed by atoms with E-state index in [1.54, 1.807) is 18.3 Å². The van der Waals surface area contributed by atoms with Crippen LogP contribution < -0.4 is 10.2 Å². The summed E-state index contributed by atoms with van der Waals surface area (Å²) < 4.78 is 0. The molecule has 21 heavy (non-hydrogen) atoms. The van der Waals surface area contributed by atoms with E-state index in [0.717, 1.165) is 32.0 Å². The molecule has 1 fully saturated rings.